The van der Waals surface area contributed by atoms with E-state index < -0.39 is 5.56 Å². The van der Waals surface area contributed by atoms with Gasteiger partial charge in [0.05, 0.1) is 0 Å². The zero-order valence-corrected chi connectivity index (χ0v) is 14.1. The maximum atomic E-state index is 12.2. The first-order valence-electron chi connectivity index (χ1n) is 7.63. The van der Waals surface area contributed by atoms with Crippen molar-refractivity contribution in [3.05, 3.63) is 44.1 Å². The molecule has 7 nitrogen and oxygen atoms in total. The monoisotopic (exact) mass is 343 g/mol. The molecule has 1 saturated heterocycles. The lowest BCUT2D eigenvalue weighted by Crippen LogP contribution is -2.49. The Morgan fingerprint density at radius 1 is 1.42 bits per heavy atom. The van der Waals surface area contributed by atoms with Gasteiger partial charge in [0.1, 0.15) is 11.9 Å². The van der Waals surface area contributed by atoms with Gasteiger partial charge < -0.3 is 14.8 Å². The fraction of sp³-hybridized carbons (Fsp3) is 0.375. The van der Waals surface area contributed by atoms with Crippen LogP contribution in [0.3, 0.4) is 0 Å². The molecule has 0 spiro atoms. The molecule has 0 atom stereocenters. The smallest absolute Gasteiger partial charge is 0.271 e. The average Bonchev–Trinajstić information content (AvgIpc) is 3.07. The highest BCUT2D eigenvalue weighted by atomic mass is 32.1. The van der Waals surface area contributed by atoms with Crippen LogP contribution < -0.4 is 10.5 Å². The van der Waals surface area contributed by atoms with Crippen LogP contribution in [0.1, 0.15) is 23.9 Å². The first kappa shape index (κ1) is 16.2. The number of aromatic amines is 1. The van der Waals surface area contributed by atoms with E-state index in [9.17, 15) is 14.9 Å². The predicted octanol–water partition coefficient (Wildman–Crippen LogP) is 0.962. The molecule has 1 aliphatic rings. The van der Waals surface area contributed by atoms with Gasteiger partial charge in [-0.05, 0) is 22.4 Å². The van der Waals surface area contributed by atoms with Crippen molar-refractivity contribution in [2.45, 2.75) is 13.3 Å². The van der Waals surface area contributed by atoms with E-state index in [1.54, 1.807) is 23.2 Å². The summed E-state index contributed by atoms with van der Waals surface area (Å²) in [6, 6.07) is 3.94. The van der Waals surface area contributed by atoms with Crippen molar-refractivity contribution < 1.29 is 4.79 Å². The van der Waals surface area contributed by atoms with E-state index in [4.69, 9.17) is 0 Å². The predicted molar refractivity (Wildman–Crippen MR) is 91.2 cm³/mol. The minimum Gasteiger partial charge on any atom is -0.352 e. The van der Waals surface area contributed by atoms with Gasteiger partial charge in [-0.15, -0.1) is 0 Å². The number of thiophene rings is 1. The Labute approximate surface area is 143 Å². The molecule has 1 amide bonds. The third kappa shape index (κ3) is 3.31. The lowest BCUT2D eigenvalue weighted by Gasteiger charge is -2.35. The molecule has 124 valence electrons. The highest BCUT2D eigenvalue weighted by Crippen LogP contribution is 2.18. The number of piperazine rings is 1. The topological polar surface area (TPSA) is 93.1 Å². The number of nitrogens with one attached hydrogen (secondary N) is 1. The number of carbonyl (C=O) groups excluding carboxylic acids is 1. The Bertz CT molecular complexity index is 829. The summed E-state index contributed by atoms with van der Waals surface area (Å²) >= 11 is 1.59. The summed E-state index contributed by atoms with van der Waals surface area (Å²) < 4.78 is 0. The number of carbonyl (C=O) groups is 1. The first-order chi connectivity index (χ1) is 11.6. The summed E-state index contributed by atoms with van der Waals surface area (Å²) in [6.45, 7) is 3.79. The Balaban J connectivity index is 1.89. The fourth-order valence-electron chi connectivity index (χ4n) is 2.74. The molecular formula is C16H17N5O2S. The average molecular weight is 343 g/mol. The highest BCUT2D eigenvalue weighted by Gasteiger charge is 2.23. The molecule has 0 saturated carbocycles. The van der Waals surface area contributed by atoms with Crippen molar-refractivity contribution in [1.29, 1.82) is 5.26 Å². The van der Waals surface area contributed by atoms with Crippen LogP contribution in [0, 0.1) is 11.3 Å². The van der Waals surface area contributed by atoms with Crippen molar-refractivity contribution in [1.82, 2.24) is 14.9 Å². The normalized spacial score (nSPS) is 14.5. The second kappa shape index (κ2) is 6.84. The molecule has 24 heavy (non-hydrogen) atoms. The summed E-state index contributed by atoms with van der Waals surface area (Å²) in [7, 11) is 0. The van der Waals surface area contributed by atoms with Crippen molar-refractivity contribution >= 4 is 23.1 Å². The van der Waals surface area contributed by atoms with Crippen molar-refractivity contribution in [2.75, 3.05) is 31.1 Å². The molecule has 1 aliphatic heterocycles. The number of anilines is 1. The molecule has 0 aliphatic carbocycles. The van der Waals surface area contributed by atoms with Crippen LogP contribution in [-0.2, 0) is 11.2 Å². The van der Waals surface area contributed by atoms with Gasteiger partial charge >= 0.3 is 0 Å². The molecule has 2 aromatic rings. The molecule has 0 aromatic carbocycles. The molecular weight excluding hydrogens is 326 g/mol. The lowest BCUT2D eigenvalue weighted by atomic mass is 10.2. The van der Waals surface area contributed by atoms with E-state index in [0.29, 0.717) is 44.2 Å². The Morgan fingerprint density at radius 3 is 2.75 bits per heavy atom. The Hall–Kier alpha value is -2.66. The number of H-pyrrole nitrogens is 1. The van der Waals surface area contributed by atoms with E-state index in [2.05, 4.69) is 9.97 Å². The number of nitrogens with zero attached hydrogens (tertiary/aromatic N) is 4. The maximum absolute atomic E-state index is 12.2. The number of hydrogen-bond donors (Lipinski definition) is 1. The summed E-state index contributed by atoms with van der Waals surface area (Å²) in [4.78, 5) is 34.5. The zero-order chi connectivity index (χ0) is 17.1. The lowest BCUT2D eigenvalue weighted by molar-refractivity contribution is -0.129. The van der Waals surface area contributed by atoms with Gasteiger partial charge in [-0.1, -0.05) is 0 Å². The summed E-state index contributed by atoms with van der Waals surface area (Å²) in [5, 5.41) is 13.3. The molecule has 8 heteroatoms. The Kier molecular flexibility index (Phi) is 4.62. The number of amides is 1. The first-order valence-corrected chi connectivity index (χ1v) is 8.57. The third-order valence-electron chi connectivity index (χ3n) is 4.04. The minimum atomic E-state index is -0.415. The van der Waals surface area contributed by atoms with Crippen molar-refractivity contribution in [3.8, 4) is 6.07 Å². The molecule has 0 unspecified atom stereocenters. The van der Waals surface area contributed by atoms with Crippen LogP contribution in [0.2, 0.25) is 0 Å². The standard InChI is InChI=1S/C16H17N5O2S/c1-11(22)20-3-5-21(6-4-20)15-13(9-17)16(23)19-14(18-15)8-12-2-7-24-10-12/h2,7,10H,3-6,8H2,1H3,(H,18,19,23). The summed E-state index contributed by atoms with van der Waals surface area (Å²) in [5.74, 6) is 0.989. The fourth-order valence-corrected chi connectivity index (χ4v) is 3.41. The van der Waals surface area contributed by atoms with Gasteiger partial charge in [-0.2, -0.15) is 16.6 Å². The summed E-state index contributed by atoms with van der Waals surface area (Å²) in [5.41, 5.74) is 0.683. The van der Waals surface area contributed by atoms with Crippen LogP contribution in [-0.4, -0.2) is 47.0 Å². The van der Waals surface area contributed by atoms with Gasteiger partial charge in [0.2, 0.25) is 5.91 Å². The third-order valence-corrected chi connectivity index (χ3v) is 4.77. The van der Waals surface area contributed by atoms with Crippen LogP contribution in [0.5, 0.6) is 0 Å². The number of nitriles is 1. The quantitative estimate of drug-likeness (QED) is 0.896. The molecule has 1 fully saturated rings. The maximum Gasteiger partial charge on any atom is 0.271 e. The van der Waals surface area contributed by atoms with Gasteiger partial charge in [0.25, 0.3) is 5.56 Å². The summed E-state index contributed by atoms with van der Waals surface area (Å²) in [6.07, 6.45) is 0.519. The minimum absolute atomic E-state index is 0.0281. The number of aromatic nitrogens is 2. The van der Waals surface area contributed by atoms with Gasteiger partial charge in [0, 0.05) is 39.5 Å². The van der Waals surface area contributed by atoms with Crippen LogP contribution >= 0.6 is 11.3 Å². The number of rotatable bonds is 3. The van der Waals surface area contributed by atoms with Crippen LogP contribution in [0.4, 0.5) is 5.82 Å². The molecule has 1 N–H and O–H groups in total. The molecule has 3 rings (SSSR count). The molecule has 0 bridgehead atoms. The molecule has 2 aromatic heterocycles. The van der Waals surface area contributed by atoms with Crippen molar-refractivity contribution in [3.63, 3.8) is 0 Å². The van der Waals surface area contributed by atoms with E-state index in [-0.39, 0.29) is 11.5 Å². The van der Waals surface area contributed by atoms with E-state index >= 15 is 0 Å². The van der Waals surface area contributed by atoms with E-state index in [0.717, 1.165) is 5.56 Å². The van der Waals surface area contributed by atoms with Crippen molar-refractivity contribution in [2.24, 2.45) is 0 Å². The number of hydrogen-bond acceptors (Lipinski definition) is 6. The molecule has 3 heterocycles. The second-order valence-corrected chi connectivity index (χ2v) is 6.40. The van der Waals surface area contributed by atoms with Gasteiger partial charge in [-0.3, -0.25) is 9.59 Å². The molecule has 0 radical (unpaired) electrons. The van der Waals surface area contributed by atoms with E-state index in [1.807, 2.05) is 27.8 Å². The largest absolute Gasteiger partial charge is 0.352 e. The van der Waals surface area contributed by atoms with Gasteiger partial charge in [0.15, 0.2) is 11.4 Å². The van der Waals surface area contributed by atoms with Gasteiger partial charge in [-0.25, -0.2) is 4.98 Å². The zero-order valence-electron chi connectivity index (χ0n) is 13.3. The van der Waals surface area contributed by atoms with Crippen LogP contribution in [0.25, 0.3) is 0 Å². The van der Waals surface area contributed by atoms with E-state index in [1.165, 1.54) is 0 Å². The Morgan fingerprint density at radius 2 is 2.17 bits per heavy atom. The van der Waals surface area contributed by atoms with Crippen LogP contribution in [0.15, 0.2) is 21.6 Å². The second-order valence-electron chi connectivity index (χ2n) is 5.62. The highest BCUT2D eigenvalue weighted by molar-refractivity contribution is 7.07. The SMILES string of the molecule is CC(=O)N1CCN(c2nc(Cc3ccsc3)[nH]c(=O)c2C#N)CC1.